The standard InChI is InChI=1S/C13H18N2O2/c1-9-3-6-12(13(7-9)15(16)17)14-10(2)8-11-4-5-11/h3,6-7,10-11,14H,4-5,8H2,1-2H3. The van der Waals surface area contributed by atoms with Gasteiger partial charge in [0.25, 0.3) is 5.69 Å². The molecular weight excluding hydrogens is 216 g/mol. The number of anilines is 1. The third kappa shape index (κ3) is 3.19. The van der Waals surface area contributed by atoms with E-state index >= 15 is 0 Å². The molecule has 17 heavy (non-hydrogen) atoms. The van der Waals surface area contributed by atoms with Gasteiger partial charge in [0.15, 0.2) is 0 Å². The summed E-state index contributed by atoms with van der Waals surface area (Å²) in [6, 6.07) is 5.62. The summed E-state index contributed by atoms with van der Waals surface area (Å²) >= 11 is 0. The van der Waals surface area contributed by atoms with Crippen molar-refractivity contribution in [1.82, 2.24) is 0 Å². The van der Waals surface area contributed by atoms with Gasteiger partial charge in [0.2, 0.25) is 0 Å². The van der Waals surface area contributed by atoms with Crippen LogP contribution in [0.2, 0.25) is 0 Å². The first-order valence-corrected chi connectivity index (χ1v) is 6.08. The number of nitrogens with zero attached hydrogens (tertiary/aromatic N) is 1. The van der Waals surface area contributed by atoms with E-state index in [-0.39, 0.29) is 10.6 Å². The van der Waals surface area contributed by atoms with Gasteiger partial charge in [-0.3, -0.25) is 10.1 Å². The van der Waals surface area contributed by atoms with E-state index in [0.717, 1.165) is 17.9 Å². The van der Waals surface area contributed by atoms with Crippen LogP contribution >= 0.6 is 0 Å². The monoisotopic (exact) mass is 234 g/mol. The highest BCUT2D eigenvalue weighted by Crippen LogP contribution is 2.35. The third-order valence-corrected chi connectivity index (χ3v) is 3.14. The zero-order valence-corrected chi connectivity index (χ0v) is 10.3. The molecule has 92 valence electrons. The minimum absolute atomic E-state index is 0.174. The van der Waals surface area contributed by atoms with E-state index in [4.69, 9.17) is 0 Å². The number of nitro benzene ring substituents is 1. The number of aryl methyl sites for hydroxylation is 1. The molecule has 1 aliphatic rings. The van der Waals surface area contributed by atoms with Crippen LogP contribution in [0.3, 0.4) is 0 Å². The van der Waals surface area contributed by atoms with Crippen LogP contribution in [0.5, 0.6) is 0 Å². The predicted molar refractivity (Wildman–Crippen MR) is 68.3 cm³/mol. The summed E-state index contributed by atoms with van der Waals surface area (Å²) in [6.45, 7) is 3.95. The lowest BCUT2D eigenvalue weighted by atomic mass is 10.1. The summed E-state index contributed by atoms with van der Waals surface area (Å²) in [5.41, 5.74) is 1.72. The summed E-state index contributed by atoms with van der Waals surface area (Å²) in [5, 5.41) is 14.2. The summed E-state index contributed by atoms with van der Waals surface area (Å²) in [5.74, 6) is 0.821. The van der Waals surface area contributed by atoms with Crippen LogP contribution < -0.4 is 5.32 Å². The highest BCUT2D eigenvalue weighted by molar-refractivity contribution is 5.62. The number of hydrogen-bond acceptors (Lipinski definition) is 3. The lowest BCUT2D eigenvalue weighted by Gasteiger charge is -2.15. The number of benzene rings is 1. The Hall–Kier alpha value is -1.58. The number of nitrogens with one attached hydrogen (secondary N) is 1. The molecule has 0 radical (unpaired) electrons. The predicted octanol–water partition coefficient (Wildman–Crippen LogP) is 3.50. The molecule has 1 N–H and O–H groups in total. The van der Waals surface area contributed by atoms with E-state index in [9.17, 15) is 10.1 Å². The molecule has 1 atom stereocenters. The maximum Gasteiger partial charge on any atom is 0.292 e. The van der Waals surface area contributed by atoms with Crippen molar-refractivity contribution in [3.8, 4) is 0 Å². The van der Waals surface area contributed by atoms with Gasteiger partial charge in [0.05, 0.1) is 4.92 Å². The molecule has 2 rings (SSSR count). The first-order chi connectivity index (χ1) is 8.06. The Bertz CT molecular complexity index is 427. The van der Waals surface area contributed by atoms with Crippen LogP contribution in [0.4, 0.5) is 11.4 Å². The van der Waals surface area contributed by atoms with Crippen LogP contribution in [-0.2, 0) is 0 Å². The maximum atomic E-state index is 11.0. The molecule has 0 heterocycles. The minimum atomic E-state index is -0.320. The van der Waals surface area contributed by atoms with Gasteiger partial charge in [-0.1, -0.05) is 18.9 Å². The number of nitro groups is 1. The van der Waals surface area contributed by atoms with Gasteiger partial charge in [-0.15, -0.1) is 0 Å². The second kappa shape index (κ2) is 4.73. The van der Waals surface area contributed by atoms with Crippen molar-refractivity contribution >= 4 is 11.4 Å². The normalized spacial score (nSPS) is 16.6. The molecule has 0 spiro atoms. The van der Waals surface area contributed by atoms with Crippen molar-refractivity contribution in [3.05, 3.63) is 33.9 Å². The second-order valence-electron chi connectivity index (χ2n) is 5.00. The molecule has 0 amide bonds. The van der Waals surface area contributed by atoms with E-state index in [0.29, 0.717) is 11.7 Å². The topological polar surface area (TPSA) is 55.2 Å². The fourth-order valence-corrected chi connectivity index (χ4v) is 2.09. The van der Waals surface area contributed by atoms with Crippen LogP contribution in [-0.4, -0.2) is 11.0 Å². The summed E-state index contributed by atoms with van der Waals surface area (Å²) < 4.78 is 0. The molecule has 0 saturated heterocycles. The lowest BCUT2D eigenvalue weighted by Crippen LogP contribution is -2.16. The molecule has 4 nitrogen and oxygen atoms in total. The van der Waals surface area contributed by atoms with Crippen molar-refractivity contribution in [3.63, 3.8) is 0 Å². The quantitative estimate of drug-likeness (QED) is 0.626. The Kier molecular flexibility index (Phi) is 3.31. The molecule has 0 aliphatic heterocycles. The fourth-order valence-electron chi connectivity index (χ4n) is 2.09. The highest BCUT2D eigenvalue weighted by atomic mass is 16.6. The Labute approximate surface area is 101 Å². The molecule has 1 aromatic carbocycles. The van der Waals surface area contributed by atoms with Gasteiger partial charge in [0, 0.05) is 12.1 Å². The Morgan fingerprint density at radius 1 is 1.53 bits per heavy atom. The van der Waals surface area contributed by atoms with Crippen molar-refractivity contribution in [2.75, 3.05) is 5.32 Å². The number of hydrogen-bond donors (Lipinski definition) is 1. The molecule has 1 unspecified atom stereocenters. The minimum Gasteiger partial charge on any atom is -0.377 e. The third-order valence-electron chi connectivity index (χ3n) is 3.14. The van der Waals surface area contributed by atoms with Crippen LogP contribution in [0, 0.1) is 23.0 Å². The van der Waals surface area contributed by atoms with E-state index < -0.39 is 0 Å². The SMILES string of the molecule is Cc1ccc(NC(C)CC2CC2)c([N+](=O)[O-])c1. The summed E-state index contributed by atoms with van der Waals surface area (Å²) in [6.07, 6.45) is 3.72. The van der Waals surface area contributed by atoms with Crippen molar-refractivity contribution < 1.29 is 4.92 Å². The number of rotatable bonds is 5. The van der Waals surface area contributed by atoms with Crippen LogP contribution in [0.15, 0.2) is 18.2 Å². The van der Waals surface area contributed by atoms with Gasteiger partial charge in [0.1, 0.15) is 5.69 Å². The average Bonchev–Trinajstić information content (AvgIpc) is 3.04. The highest BCUT2D eigenvalue weighted by Gasteiger charge is 2.24. The first kappa shape index (κ1) is 11.9. The molecule has 1 aliphatic carbocycles. The maximum absolute atomic E-state index is 11.0. The summed E-state index contributed by atoms with van der Waals surface area (Å²) in [4.78, 5) is 10.6. The van der Waals surface area contributed by atoms with Gasteiger partial charge >= 0.3 is 0 Å². The Morgan fingerprint density at radius 3 is 2.82 bits per heavy atom. The van der Waals surface area contributed by atoms with E-state index in [1.54, 1.807) is 12.1 Å². The van der Waals surface area contributed by atoms with Gasteiger partial charge < -0.3 is 5.32 Å². The van der Waals surface area contributed by atoms with Crippen LogP contribution in [0.25, 0.3) is 0 Å². The fraction of sp³-hybridized carbons (Fsp3) is 0.538. The molecular formula is C13H18N2O2. The lowest BCUT2D eigenvalue weighted by molar-refractivity contribution is -0.384. The van der Waals surface area contributed by atoms with Crippen molar-refractivity contribution in [2.24, 2.45) is 5.92 Å². The molecule has 0 aromatic heterocycles. The molecule has 1 fully saturated rings. The smallest absolute Gasteiger partial charge is 0.292 e. The Morgan fingerprint density at radius 2 is 2.24 bits per heavy atom. The van der Waals surface area contributed by atoms with Gasteiger partial charge in [-0.25, -0.2) is 0 Å². The molecule has 1 saturated carbocycles. The van der Waals surface area contributed by atoms with Crippen molar-refractivity contribution in [1.29, 1.82) is 0 Å². The van der Waals surface area contributed by atoms with Crippen molar-refractivity contribution in [2.45, 2.75) is 39.2 Å². The molecule has 1 aromatic rings. The summed E-state index contributed by atoms with van der Waals surface area (Å²) in [7, 11) is 0. The zero-order chi connectivity index (χ0) is 12.4. The Balaban J connectivity index is 2.10. The van der Waals surface area contributed by atoms with E-state index in [2.05, 4.69) is 12.2 Å². The van der Waals surface area contributed by atoms with E-state index in [1.165, 1.54) is 12.8 Å². The van der Waals surface area contributed by atoms with Crippen LogP contribution in [0.1, 0.15) is 31.7 Å². The van der Waals surface area contributed by atoms with Gasteiger partial charge in [-0.2, -0.15) is 0 Å². The average molecular weight is 234 g/mol. The molecule has 4 heteroatoms. The molecule has 0 bridgehead atoms. The largest absolute Gasteiger partial charge is 0.377 e. The second-order valence-corrected chi connectivity index (χ2v) is 5.00. The van der Waals surface area contributed by atoms with Gasteiger partial charge in [-0.05, 0) is 37.8 Å². The van der Waals surface area contributed by atoms with E-state index in [1.807, 2.05) is 13.0 Å². The zero-order valence-electron chi connectivity index (χ0n) is 10.3. The first-order valence-electron chi connectivity index (χ1n) is 6.08.